The van der Waals surface area contributed by atoms with Crippen molar-refractivity contribution >= 4 is 11.8 Å². The third kappa shape index (κ3) is 4.73. The molecule has 3 rings (SSSR count). The molecule has 1 aliphatic heterocycles. The van der Waals surface area contributed by atoms with Crippen LogP contribution in [0.2, 0.25) is 0 Å². The maximum Gasteiger partial charge on any atom is 0.243 e. The summed E-state index contributed by atoms with van der Waals surface area (Å²) in [5.41, 5.74) is 1.55. The first kappa shape index (κ1) is 19.1. The number of hydrogen-bond donors (Lipinski definition) is 1. The number of hydrogen-bond acceptors (Lipinski definition) is 2. The Morgan fingerprint density at radius 3 is 2.59 bits per heavy atom. The lowest BCUT2D eigenvalue weighted by Crippen LogP contribution is -2.47. The average molecular weight is 368 g/mol. The summed E-state index contributed by atoms with van der Waals surface area (Å²) in [6.07, 6.45) is 1.81. The number of nitrogens with zero attached hydrogens (tertiary/aromatic N) is 1. The van der Waals surface area contributed by atoms with Crippen LogP contribution < -0.4 is 5.32 Å². The van der Waals surface area contributed by atoms with Crippen molar-refractivity contribution in [2.75, 3.05) is 6.54 Å². The summed E-state index contributed by atoms with van der Waals surface area (Å²) in [5, 5.41) is 2.93. The van der Waals surface area contributed by atoms with Crippen LogP contribution in [0.1, 0.15) is 30.9 Å². The summed E-state index contributed by atoms with van der Waals surface area (Å²) >= 11 is 0. The lowest BCUT2D eigenvalue weighted by Gasteiger charge is -2.27. The molecule has 1 heterocycles. The molecule has 142 valence electrons. The zero-order chi connectivity index (χ0) is 19.2. The van der Waals surface area contributed by atoms with Gasteiger partial charge < -0.3 is 10.2 Å². The minimum Gasteiger partial charge on any atom is -0.350 e. The summed E-state index contributed by atoms with van der Waals surface area (Å²) in [4.78, 5) is 27.1. The van der Waals surface area contributed by atoms with Gasteiger partial charge in [-0.15, -0.1) is 0 Å². The van der Waals surface area contributed by atoms with Gasteiger partial charge >= 0.3 is 0 Å². The van der Waals surface area contributed by atoms with Crippen molar-refractivity contribution in [3.05, 3.63) is 71.5 Å². The SMILES string of the molecule is CC(Cc1ccccc1F)C(=O)N1CCC[C@H]1C(=O)NCc1ccccc1. The number of benzene rings is 2. The average Bonchev–Trinajstić information content (AvgIpc) is 3.18. The number of likely N-dealkylation sites (tertiary alicyclic amines) is 1. The summed E-state index contributed by atoms with van der Waals surface area (Å²) < 4.78 is 13.9. The predicted molar refractivity (Wildman–Crippen MR) is 102 cm³/mol. The zero-order valence-electron chi connectivity index (χ0n) is 15.5. The molecule has 2 amide bonds. The number of carbonyl (C=O) groups is 2. The van der Waals surface area contributed by atoms with Crippen LogP contribution in [0, 0.1) is 11.7 Å². The Morgan fingerprint density at radius 1 is 1.15 bits per heavy atom. The number of halogens is 1. The van der Waals surface area contributed by atoms with E-state index in [-0.39, 0.29) is 23.5 Å². The van der Waals surface area contributed by atoms with E-state index in [2.05, 4.69) is 5.32 Å². The van der Waals surface area contributed by atoms with E-state index in [0.29, 0.717) is 31.5 Å². The maximum atomic E-state index is 13.9. The van der Waals surface area contributed by atoms with E-state index in [1.807, 2.05) is 30.3 Å². The van der Waals surface area contributed by atoms with Gasteiger partial charge in [0, 0.05) is 19.0 Å². The van der Waals surface area contributed by atoms with Gasteiger partial charge in [0.05, 0.1) is 0 Å². The molecule has 1 unspecified atom stereocenters. The van der Waals surface area contributed by atoms with Gasteiger partial charge in [0.25, 0.3) is 0 Å². The van der Waals surface area contributed by atoms with Crippen molar-refractivity contribution in [2.45, 2.75) is 38.8 Å². The molecule has 0 aliphatic carbocycles. The van der Waals surface area contributed by atoms with Crippen LogP contribution in [0.15, 0.2) is 54.6 Å². The van der Waals surface area contributed by atoms with Crippen LogP contribution in [-0.4, -0.2) is 29.3 Å². The Kier molecular flexibility index (Phi) is 6.22. The summed E-state index contributed by atoms with van der Waals surface area (Å²) in [6.45, 7) is 2.82. The third-order valence-corrected chi connectivity index (χ3v) is 5.05. The molecule has 0 radical (unpaired) electrons. The molecule has 27 heavy (non-hydrogen) atoms. The largest absolute Gasteiger partial charge is 0.350 e. The van der Waals surface area contributed by atoms with E-state index >= 15 is 0 Å². The van der Waals surface area contributed by atoms with Gasteiger partial charge in [-0.1, -0.05) is 55.5 Å². The molecule has 2 atom stereocenters. The maximum absolute atomic E-state index is 13.9. The zero-order valence-corrected chi connectivity index (χ0v) is 15.5. The Hall–Kier alpha value is -2.69. The molecule has 1 aliphatic rings. The number of rotatable bonds is 6. The van der Waals surface area contributed by atoms with E-state index in [0.717, 1.165) is 12.0 Å². The van der Waals surface area contributed by atoms with Crippen molar-refractivity contribution in [1.29, 1.82) is 0 Å². The first-order valence-electron chi connectivity index (χ1n) is 9.42. The number of nitrogens with one attached hydrogen (secondary N) is 1. The predicted octanol–water partition coefficient (Wildman–Crippen LogP) is 3.31. The second-order valence-corrected chi connectivity index (χ2v) is 7.09. The smallest absolute Gasteiger partial charge is 0.243 e. The highest BCUT2D eigenvalue weighted by Crippen LogP contribution is 2.22. The molecule has 1 fully saturated rings. The highest BCUT2D eigenvalue weighted by atomic mass is 19.1. The van der Waals surface area contributed by atoms with E-state index in [1.165, 1.54) is 6.07 Å². The summed E-state index contributed by atoms with van der Waals surface area (Å²) in [5.74, 6) is -0.876. The Balaban J connectivity index is 1.60. The first-order valence-corrected chi connectivity index (χ1v) is 9.42. The van der Waals surface area contributed by atoms with Gasteiger partial charge in [0.2, 0.25) is 11.8 Å². The van der Waals surface area contributed by atoms with Crippen molar-refractivity contribution in [3.8, 4) is 0 Å². The van der Waals surface area contributed by atoms with Gasteiger partial charge in [0.1, 0.15) is 11.9 Å². The molecule has 2 aromatic carbocycles. The van der Waals surface area contributed by atoms with Crippen LogP contribution in [0.25, 0.3) is 0 Å². The molecule has 0 saturated carbocycles. The molecule has 0 aromatic heterocycles. The molecule has 0 spiro atoms. The summed E-state index contributed by atoms with van der Waals surface area (Å²) in [6, 6.07) is 15.8. The normalized spacial score (nSPS) is 17.6. The standard InChI is InChI=1S/C22H25FN2O2/c1-16(14-18-10-5-6-11-19(18)23)22(27)25-13-7-12-20(25)21(26)24-15-17-8-3-2-4-9-17/h2-6,8-11,16,20H,7,12-15H2,1H3,(H,24,26)/t16?,20-/m0/s1. The van der Waals surface area contributed by atoms with Gasteiger partial charge in [-0.05, 0) is 36.5 Å². The fourth-order valence-electron chi connectivity index (χ4n) is 3.57. The van der Waals surface area contributed by atoms with Gasteiger partial charge in [-0.2, -0.15) is 0 Å². The lowest BCUT2D eigenvalue weighted by molar-refractivity contribution is -0.141. The third-order valence-electron chi connectivity index (χ3n) is 5.05. The topological polar surface area (TPSA) is 49.4 Å². The monoisotopic (exact) mass is 368 g/mol. The van der Waals surface area contributed by atoms with Crippen LogP contribution in [0.3, 0.4) is 0 Å². The molecule has 1 N–H and O–H groups in total. The second kappa shape index (κ2) is 8.80. The van der Waals surface area contributed by atoms with Crippen molar-refractivity contribution in [2.24, 2.45) is 5.92 Å². The minimum absolute atomic E-state index is 0.0874. The van der Waals surface area contributed by atoms with Crippen LogP contribution in [0.5, 0.6) is 0 Å². The minimum atomic E-state index is -0.440. The van der Waals surface area contributed by atoms with Gasteiger partial charge in [0.15, 0.2) is 0 Å². The Morgan fingerprint density at radius 2 is 1.85 bits per heavy atom. The molecule has 2 aromatic rings. The highest BCUT2D eigenvalue weighted by molar-refractivity contribution is 5.89. The quantitative estimate of drug-likeness (QED) is 0.850. The molecular weight excluding hydrogens is 343 g/mol. The van der Waals surface area contributed by atoms with Crippen molar-refractivity contribution in [3.63, 3.8) is 0 Å². The second-order valence-electron chi connectivity index (χ2n) is 7.09. The lowest BCUT2D eigenvalue weighted by atomic mass is 9.99. The van der Waals surface area contributed by atoms with Crippen LogP contribution in [-0.2, 0) is 22.6 Å². The highest BCUT2D eigenvalue weighted by Gasteiger charge is 2.35. The van der Waals surface area contributed by atoms with Crippen molar-refractivity contribution in [1.82, 2.24) is 10.2 Å². The van der Waals surface area contributed by atoms with Gasteiger partial charge in [-0.25, -0.2) is 4.39 Å². The summed E-state index contributed by atoms with van der Waals surface area (Å²) in [7, 11) is 0. The fraction of sp³-hybridized carbons (Fsp3) is 0.364. The van der Waals surface area contributed by atoms with E-state index < -0.39 is 6.04 Å². The molecular formula is C22H25FN2O2. The number of carbonyl (C=O) groups excluding carboxylic acids is 2. The van der Waals surface area contributed by atoms with Crippen LogP contribution in [0.4, 0.5) is 4.39 Å². The molecule has 4 nitrogen and oxygen atoms in total. The van der Waals surface area contributed by atoms with E-state index in [9.17, 15) is 14.0 Å². The first-order chi connectivity index (χ1) is 13.1. The fourth-order valence-corrected chi connectivity index (χ4v) is 3.57. The van der Waals surface area contributed by atoms with E-state index in [4.69, 9.17) is 0 Å². The number of amides is 2. The Labute approximate surface area is 159 Å². The van der Waals surface area contributed by atoms with Gasteiger partial charge in [-0.3, -0.25) is 9.59 Å². The van der Waals surface area contributed by atoms with Crippen LogP contribution >= 0.6 is 0 Å². The molecule has 0 bridgehead atoms. The van der Waals surface area contributed by atoms with E-state index in [1.54, 1.807) is 30.0 Å². The Bertz CT molecular complexity index is 794. The van der Waals surface area contributed by atoms with Crippen molar-refractivity contribution < 1.29 is 14.0 Å². The molecule has 5 heteroatoms. The molecule has 1 saturated heterocycles.